The third-order valence-corrected chi connectivity index (χ3v) is 6.14. The van der Waals surface area contributed by atoms with Crippen molar-refractivity contribution in [2.45, 2.75) is 33.9 Å². The number of amides is 2. The second-order valence-electron chi connectivity index (χ2n) is 9.59. The predicted molar refractivity (Wildman–Crippen MR) is 143 cm³/mol. The Balaban J connectivity index is 1.53. The van der Waals surface area contributed by atoms with Crippen molar-refractivity contribution in [3.8, 4) is 5.75 Å². The lowest BCUT2D eigenvalue weighted by Crippen LogP contribution is -2.34. The first-order chi connectivity index (χ1) is 17.2. The summed E-state index contributed by atoms with van der Waals surface area (Å²) in [6.45, 7) is 6.42. The minimum Gasteiger partial charge on any atom is -0.497 e. The average molecular weight is 505 g/mol. The van der Waals surface area contributed by atoms with Crippen LogP contribution in [0.1, 0.15) is 42.3 Å². The Morgan fingerprint density at radius 3 is 2.56 bits per heavy atom. The van der Waals surface area contributed by atoms with Gasteiger partial charge in [-0.15, -0.1) is 0 Å². The van der Waals surface area contributed by atoms with Crippen molar-refractivity contribution in [1.82, 2.24) is 15.1 Å². The number of carbonyl (C=O) groups is 2. The Labute approximate surface area is 215 Å². The fourth-order valence-corrected chi connectivity index (χ4v) is 3.98. The lowest BCUT2D eigenvalue weighted by molar-refractivity contribution is -0.128. The molecule has 1 aromatic heterocycles. The zero-order chi connectivity index (χ0) is 25.9. The molecule has 2 amide bonds. The highest BCUT2D eigenvalue weighted by atomic mass is 35.5. The Morgan fingerprint density at radius 1 is 1.03 bits per heavy atom. The van der Waals surface area contributed by atoms with Gasteiger partial charge in [-0.1, -0.05) is 56.6 Å². The number of anilines is 1. The molecule has 7 nitrogen and oxygen atoms in total. The molecule has 1 heterocycles. The van der Waals surface area contributed by atoms with Gasteiger partial charge in [-0.05, 0) is 47.5 Å². The average Bonchev–Trinajstić information content (AvgIpc) is 3.26. The number of hydrogen-bond donors (Lipinski definition) is 2. The molecule has 0 saturated carbocycles. The maximum atomic E-state index is 13.2. The van der Waals surface area contributed by atoms with E-state index >= 15 is 0 Å². The van der Waals surface area contributed by atoms with Gasteiger partial charge in [0, 0.05) is 17.3 Å². The van der Waals surface area contributed by atoms with E-state index in [4.69, 9.17) is 16.3 Å². The molecule has 0 atom stereocenters. The van der Waals surface area contributed by atoms with Crippen molar-refractivity contribution in [3.63, 3.8) is 0 Å². The number of benzene rings is 3. The molecule has 3 aromatic carbocycles. The van der Waals surface area contributed by atoms with E-state index in [-0.39, 0.29) is 11.8 Å². The van der Waals surface area contributed by atoms with Crippen molar-refractivity contribution >= 4 is 40.0 Å². The van der Waals surface area contributed by atoms with Gasteiger partial charge in [-0.25, -0.2) is 0 Å². The van der Waals surface area contributed by atoms with Crippen LogP contribution >= 0.6 is 11.6 Å². The molecule has 0 aliphatic carbocycles. The molecule has 4 aromatic rings. The van der Waals surface area contributed by atoms with E-state index in [1.165, 1.54) is 0 Å². The van der Waals surface area contributed by atoms with Gasteiger partial charge in [0.05, 0.1) is 41.6 Å². The summed E-state index contributed by atoms with van der Waals surface area (Å²) in [7, 11) is 1.64. The van der Waals surface area contributed by atoms with Crippen molar-refractivity contribution in [3.05, 3.63) is 88.6 Å². The molecule has 0 saturated heterocycles. The fraction of sp³-hybridized carbons (Fsp3) is 0.250. The van der Waals surface area contributed by atoms with Crippen LogP contribution in [0.3, 0.4) is 0 Å². The zero-order valence-corrected chi connectivity index (χ0v) is 21.5. The highest BCUT2D eigenvalue weighted by Crippen LogP contribution is 2.26. The number of aromatic nitrogens is 2. The molecule has 0 unspecified atom stereocenters. The molecule has 2 N–H and O–H groups in total. The molecule has 0 fully saturated rings. The third kappa shape index (κ3) is 5.69. The van der Waals surface area contributed by atoms with E-state index in [0.29, 0.717) is 29.4 Å². The molecule has 0 radical (unpaired) electrons. The van der Waals surface area contributed by atoms with Gasteiger partial charge in [0.15, 0.2) is 0 Å². The van der Waals surface area contributed by atoms with Crippen LogP contribution in [-0.4, -0.2) is 28.7 Å². The van der Waals surface area contributed by atoms with Crippen molar-refractivity contribution < 1.29 is 14.3 Å². The first-order valence-electron chi connectivity index (χ1n) is 11.6. The van der Waals surface area contributed by atoms with Crippen LogP contribution in [-0.2, 0) is 17.9 Å². The van der Waals surface area contributed by atoms with Crippen molar-refractivity contribution in [2.75, 3.05) is 12.4 Å². The molecule has 0 bridgehead atoms. The van der Waals surface area contributed by atoms with Crippen LogP contribution in [0.5, 0.6) is 5.75 Å². The van der Waals surface area contributed by atoms with Gasteiger partial charge >= 0.3 is 0 Å². The molecule has 186 valence electrons. The molecule has 0 aliphatic rings. The maximum absolute atomic E-state index is 13.2. The van der Waals surface area contributed by atoms with Gasteiger partial charge in [0.1, 0.15) is 5.75 Å². The van der Waals surface area contributed by atoms with Gasteiger partial charge in [0.25, 0.3) is 5.91 Å². The minimum atomic E-state index is -0.498. The van der Waals surface area contributed by atoms with Crippen LogP contribution in [0.25, 0.3) is 10.9 Å². The van der Waals surface area contributed by atoms with E-state index in [2.05, 4.69) is 15.7 Å². The minimum absolute atomic E-state index is 0.0684. The Bertz CT molecular complexity index is 1420. The summed E-state index contributed by atoms with van der Waals surface area (Å²) >= 11 is 6.36. The molecular formula is C28H29ClN4O3. The summed E-state index contributed by atoms with van der Waals surface area (Å²) in [6, 6.07) is 18.7. The van der Waals surface area contributed by atoms with Gasteiger partial charge in [0.2, 0.25) is 5.91 Å². The van der Waals surface area contributed by atoms with Crippen molar-refractivity contribution in [2.24, 2.45) is 5.41 Å². The molecule has 8 heteroatoms. The first kappa shape index (κ1) is 25.3. The van der Waals surface area contributed by atoms with Crippen LogP contribution in [0.4, 0.5) is 5.69 Å². The summed E-state index contributed by atoms with van der Waals surface area (Å²) in [4.78, 5) is 25.4. The van der Waals surface area contributed by atoms with E-state index < -0.39 is 5.41 Å². The van der Waals surface area contributed by atoms with E-state index in [1.54, 1.807) is 31.5 Å². The standard InChI is InChI=1S/C28H29ClN4O3/c1-28(2,3)27(35)30-15-18-11-12-23(29)21(14-18)26(34)32-24-9-6-10-25-22(24)16-31-33(25)17-19-7-5-8-20(13-19)36-4/h5-14,16H,15,17H2,1-4H3,(H,30,35)(H,32,34). The Morgan fingerprint density at radius 2 is 1.81 bits per heavy atom. The van der Waals surface area contributed by atoms with Crippen LogP contribution in [0.15, 0.2) is 66.9 Å². The lowest BCUT2D eigenvalue weighted by Gasteiger charge is -2.18. The lowest BCUT2D eigenvalue weighted by atomic mass is 9.95. The predicted octanol–water partition coefficient (Wildman–Crippen LogP) is 5.66. The van der Waals surface area contributed by atoms with Crippen LogP contribution in [0.2, 0.25) is 5.02 Å². The molecule has 4 rings (SSSR count). The topological polar surface area (TPSA) is 85.2 Å². The number of methoxy groups -OCH3 is 1. The van der Waals surface area contributed by atoms with E-state index in [0.717, 1.165) is 27.8 Å². The summed E-state index contributed by atoms with van der Waals surface area (Å²) in [5, 5.41) is 11.6. The monoisotopic (exact) mass is 504 g/mol. The van der Waals surface area contributed by atoms with E-state index in [9.17, 15) is 9.59 Å². The fourth-order valence-electron chi connectivity index (χ4n) is 3.78. The number of nitrogens with one attached hydrogen (secondary N) is 2. The SMILES string of the molecule is COc1cccc(Cn2ncc3c(NC(=O)c4cc(CNC(=O)C(C)(C)C)ccc4Cl)cccc32)c1. The number of rotatable bonds is 7. The number of nitrogens with zero attached hydrogens (tertiary/aromatic N) is 2. The normalized spacial score (nSPS) is 11.4. The number of carbonyl (C=O) groups excluding carboxylic acids is 2. The maximum Gasteiger partial charge on any atom is 0.257 e. The smallest absolute Gasteiger partial charge is 0.257 e. The Hall–Kier alpha value is -3.84. The molecule has 0 spiro atoms. The quantitative estimate of drug-likeness (QED) is 0.340. The number of ether oxygens (including phenoxy) is 1. The summed E-state index contributed by atoms with van der Waals surface area (Å²) in [6.07, 6.45) is 1.74. The third-order valence-electron chi connectivity index (χ3n) is 5.81. The number of fused-ring (bicyclic) bond motifs is 1. The zero-order valence-electron chi connectivity index (χ0n) is 20.8. The molecular weight excluding hydrogens is 476 g/mol. The summed E-state index contributed by atoms with van der Waals surface area (Å²) in [5.74, 6) is 0.382. The largest absolute Gasteiger partial charge is 0.497 e. The second kappa shape index (κ2) is 10.4. The number of halogens is 1. The highest BCUT2D eigenvalue weighted by Gasteiger charge is 2.21. The van der Waals surface area contributed by atoms with Gasteiger partial charge < -0.3 is 15.4 Å². The van der Waals surface area contributed by atoms with Crippen LogP contribution < -0.4 is 15.4 Å². The first-order valence-corrected chi connectivity index (χ1v) is 12.0. The molecule has 0 aliphatic heterocycles. The van der Waals surface area contributed by atoms with E-state index in [1.807, 2.05) is 67.9 Å². The number of hydrogen-bond acceptors (Lipinski definition) is 4. The summed E-state index contributed by atoms with van der Waals surface area (Å²) in [5.41, 5.74) is 3.20. The van der Waals surface area contributed by atoms with Gasteiger partial charge in [-0.2, -0.15) is 5.10 Å². The summed E-state index contributed by atoms with van der Waals surface area (Å²) < 4.78 is 7.20. The van der Waals surface area contributed by atoms with Gasteiger partial charge in [-0.3, -0.25) is 14.3 Å². The van der Waals surface area contributed by atoms with Crippen molar-refractivity contribution in [1.29, 1.82) is 0 Å². The van der Waals surface area contributed by atoms with Crippen LogP contribution in [0, 0.1) is 5.41 Å². The Kier molecular flexibility index (Phi) is 7.31. The highest BCUT2D eigenvalue weighted by molar-refractivity contribution is 6.34. The second-order valence-corrected chi connectivity index (χ2v) is 10.0. The molecule has 36 heavy (non-hydrogen) atoms.